The molecule has 1 aromatic heterocycles. The molecule has 1 aromatic carbocycles. The Kier molecular flexibility index (Phi) is 6.40. The molecular weight excluding hydrogens is 427 g/mol. The number of carbonyl (C=O) groups is 2. The van der Waals surface area contributed by atoms with Crippen LogP contribution < -0.4 is 15.8 Å². The fraction of sp³-hybridized carbons (Fsp3) is 0.458. The Labute approximate surface area is 191 Å². The molecule has 0 radical (unpaired) electrons. The Balaban J connectivity index is 1.63. The van der Waals surface area contributed by atoms with Crippen LogP contribution in [0.3, 0.4) is 0 Å². The number of carbonyl (C=O) groups excluding carboxylic acids is 2. The van der Waals surface area contributed by atoms with E-state index in [4.69, 9.17) is 0 Å². The number of nitrogens with zero attached hydrogens (tertiary/aromatic N) is 3. The molecule has 176 valence electrons. The smallest absolute Gasteiger partial charge is 0.277 e. The summed E-state index contributed by atoms with van der Waals surface area (Å²) in [4.78, 5) is 40.1. The maximum Gasteiger partial charge on any atom is 0.277 e. The van der Waals surface area contributed by atoms with Crippen molar-refractivity contribution >= 4 is 11.8 Å². The molecule has 2 aliphatic rings. The van der Waals surface area contributed by atoms with Crippen LogP contribution in [0.25, 0.3) is 0 Å². The number of nitrogens with one attached hydrogen (secondary N) is 1. The zero-order valence-corrected chi connectivity index (χ0v) is 18.9. The van der Waals surface area contributed by atoms with Crippen molar-refractivity contribution in [1.29, 1.82) is 0 Å². The molecule has 9 heteroatoms. The van der Waals surface area contributed by atoms with Crippen molar-refractivity contribution < 1.29 is 19.1 Å². The van der Waals surface area contributed by atoms with E-state index in [2.05, 4.69) is 5.32 Å². The van der Waals surface area contributed by atoms with E-state index in [1.807, 2.05) is 18.9 Å². The molecule has 2 heterocycles. The summed E-state index contributed by atoms with van der Waals surface area (Å²) in [5.41, 5.74) is 0.256. The van der Waals surface area contributed by atoms with E-state index in [1.165, 1.54) is 35.8 Å². The molecule has 0 unspecified atom stereocenters. The fourth-order valence-electron chi connectivity index (χ4n) is 4.18. The van der Waals surface area contributed by atoms with Gasteiger partial charge in [-0.05, 0) is 48.9 Å². The standard InChI is InChI=1S/C24H29FN4O4/c1-3-16-11-18(25)8-7-17(16)12-26-23(32)19-13-29-20(22(31)21(19)30)24(33)27(4-2)14-28(29)10-9-15-5-6-15/h7-8,11,13,15,31H,3-6,9-10,12,14H2,1-2H3,(H,26,32). The quantitative estimate of drug-likeness (QED) is 0.636. The number of aromatic hydroxyl groups is 1. The van der Waals surface area contributed by atoms with Crippen molar-refractivity contribution in [2.45, 2.75) is 46.1 Å². The third-order valence-corrected chi connectivity index (χ3v) is 6.40. The predicted molar refractivity (Wildman–Crippen MR) is 121 cm³/mol. The summed E-state index contributed by atoms with van der Waals surface area (Å²) in [5, 5.41) is 15.2. The second kappa shape index (κ2) is 9.25. The number of hydrogen-bond donors (Lipinski definition) is 2. The van der Waals surface area contributed by atoms with Gasteiger partial charge in [0.1, 0.15) is 18.0 Å². The molecule has 2 amide bonds. The van der Waals surface area contributed by atoms with Gasteiger partial charge < -0.3 is 15.3 Å². The highest BCUT2D eigenvalue weighted by molar-refractivity contribution is 5.99. The minimum atomic E-state index is -0.887. The van der Waals surface area contributed by atoms with Crippen LogP contribution in [0.2, 0.25) is 0 Å². The van der Waals surface area contributed by atoms with Gasteiger partial charge in [0.25, 0.3) is 11.8 Å². The maximum absolute atomic E-state index is 13.5. The lowest BCUT2D eigenvalue weighted by molar-refractivity contribution is 0.0695. The van der Waals surface area contributed by atoms with Gasteiger partial charge in [0.15, 0.2) is 11.4 Å². The van der Waals surface area contributed by atoms with E-state index in [9.17, 15) is 23.9 Å². The first-order valence-electron chi connectivity index (χ1n) is 11.4. The lowest BCUT2D eigenvalue weighted by Crippen LogP contribution is -2.54. The molecular formula is C24H29FN4O4. The molecule has 8 nitrogen and oxygen atoms in total. The summed E-state index contributed by atoms with van der Waals surface area (Å²) in [7, 11) is 0. The molecule has 2 aromatic rings. The topological polar surface area (TPSA) is 94.9 Å². The summed E-state index contributed by atoms with van der Waals surface area (Å²) in [6, 6.07) is 4.34. The number of fused-ring (bicyclic) bond motifs is 1. The number of halogens is 1. The van der Waals surface area contributed by atoms with Crippen molar-refractivity contribution in [2.24, 2.45) is 5.92 Å². The predicted octanol–water partition coefficient (Wildman–Crippen LogP) is 2.36. The van der Waals surface area contributed by atoms with Gasteiger partial charge in [-0.25, -0.2) is 4.39 Å². The zero-order valence-electron chi connectivity index (χ0n) is 18.9. The Hall–Kier alpha value is -3.36. The molecule has 0 atom stereocenters. The molecule has 4 rings (SSSR count). The second-order valence-electron chi connectivity index (χ2n) is 8.63. The SMILES string of the molecule is CCc1cc(F)ccc1CNC(=O)c1cn2c(c(O)c1=O)C(=O)N(CC)CN2CCC1CC1. The van der Waals surface area contributed by atoms with Gasteiger partial charge in [0.05, 0.1) is 0 Å². The number of benzene rings is 1. The van der Waals surface area contributed by atoms with Crippen molar-refractivity contribution in [2.75, 3.05) is 24.8 Å². The van der Waals surface area contributed by atoms with Crippen molar-refractivity contribution in [3.05, 3.63) is 62.8 Å². The Morgan fingerprint density at radius 1 is 1.21 bits per heavy atom. The van der Waals surface area contributed by atoms with Gasteiger partial charge in [0, 0.05) is 25.8 Å². The van der Waals surface area contributed by atoms with Crippen LogP contribution in [0.4, 0.5) is 4.39 Å². The summed E-state index contributed by atoms with van der Waals surface area (Å²) < 4.78 is 15.0. The molecule has 1 fully saturated rings. The normalized spacial score (nSPS) is 15.5. The van der Waals surface area contributed by atoms with E-state index in [1.54, 1.807) is 11.0 Å². The van der Waals surface area contributed by atoms with Gasteiger partial charge in [0.2, 0.25) is 5.43 Å². The highest BCUT2D eigenvalue weighted by Crippen LogP contribution is 2.33. The van der Waals surface area contributed by atoms with Crippen LogP contribution in [0.5, 0.6) is 5.75 Å². The summed E-state index contributed by atoms with van der Waals surface area (Å²) in [6.45, 7) is 5.22. The van der Waals surface area contributed by atoms with Gasteiger partial charge >= 0.3 is 0 Å². The highest BCUT2D eigenvalue weighted by atomic mass is 19.1. The summed E-state index contributed by atoms with van der Waals surface area (Å²) >= 11 is 0. The molecule has 1 aliphatic heterocycles. The van der Waals surface area contributed by atoms with E-state index < -0.39 is 23.0 Å². The molecule has 0 bridgehead atoms. The zero-order chi connectivity index (χ0) is 23.7. The first-order valence-corrected chi connectivity index (χ1v) is 11.4. The molecule has 33 heavy (non-hydrogen) atoms. The van der Waals surface area contributed by atoms with Gasteiger partial charge in [-0.3, -0.25) is 24.1 Å². The number of hydrogen-bond acceptors (Lipinski definition) is 5. The third-order valence-electron chi connectivity index (χ3n) is 6.40. The monoisotopic (exact) mass is 456 g/mol. The lowest BCUT2D eigenvalue weighted by Gasteiger charge is -2.39. The van der Waals surface area contributed by atoms with Crippen LogP contribution in [-0.4, -0.2) is 46.3 Å². The number of pyridine rings is 1. The van der Waals surface area contributed by atoms with E-state index in [0.29, 0.717) is 32.1 Å². The van der Waals surface area contributed by atoms with E-state index >= 15 is 0 Å². The molecule has 2 N–H and O–H groups in total. The lowest BCUT2D eigenvalue weighted by atomic mass is 10.0. The van der Waals surface area contributed by atoms with Gasteiger partial charge in [-0.1, -0.05) is 25.8 Å². The number of amides is 2. The van der Waals surface area contributed by atoms with Crippen LogP contribution in [0, 0.1) is 11.7 Å². The van der Waals surface area contributed by atoms with Gasteiger partial charge in [-0.2, -0.15) is 0 Å². The fourth-order valence-corrected chi connectivity index (χ4v) is 4.18. The Morgan fingerprint density at radius 2 is 1.97 bits per heavy atom. The minimum Gasteiger partial charge on any atom is -0.502 e. The molecule has 0 spiro atoms. The summed E-state index contributed by atoms with van der Waals surface area (Å²) in [6.07, 6.45) is 5.24. The minimum absolute atomic E-state index is 0.109. The van der Waals surface area contributed by atoms with Crippen molar-refractivity contribution in [3.63, 3.8) is 0 Å². The second-order valence-corrected chi connectivity index (χ2v) is 8.63. The first kappa shape index (κ1) is 22.8. The molecule has 1 saturated carbocycles. The van der Waals surface area contributed by atoms with Crippen LogP contribution >= 0.6 is 0 Å². The first-order chi connectivity index (χ1) is 15.8. The average Bonchev–Trinajstić information content (AvgIpc) is 3.64. The molecule has 0 saturated heterocycles. The average molecular weight is 457 g/mol. The van der Waals surface area contributed by atoms with Crippen LogP contribution in [0.1, 0.15) is 65.1 Å². The largest absolute Gasteiger partial charge is 0.502 e. The van der Waals surface area contributed by atoms with Crippen LogP contribution in [0.15, 0.2) is 29.2 Å². The molecule has 1 aliphatic carbocycles. The van der Waals surface area contributed by atoms with E-state index in [-0.39, 0.29) is 23.6 Å². The third kappa shape index (κ3) is 4.58. The number of aromatic nitrogens is 1. The highest BCUT2D eigenvalue weighted by Gasteiger charge is 2.34. The Morgan fingerprint density at radius 3 is 2.64 bits per heavy atom. The maximum atomic E-state index is 13.5. The summed E-state index contributed by atoms with van der Waals surface area (Å²) in [5.74, 6) is -1.53. The number of rotatable bonds is 8. The van der Waals surface area contributed by atoms with E-state index in [0.717, 1.165) is 17.5 Å². The van der Waals surface area contributed by atoms with Crippen molar-refractivity contribution in [1.82, 2.24) is 14.9 Å². The van der Waals surface area contributed by atoms with Gasteiger partial charge in [-0.15, -0.1) is 0 Å². The number of aryl methyl sites for hydroxylation is 1. The Bertz CT molecular complexity index is 1140. The van der Waals surface area contributed by atoms with Crippen LogP contribution in [-0.2, 0) is 13.0 Å². The van der Waals surface area contributed by atoms with Crippen molar-refractivity contribution in [3.8, 4) is 5.75 Å².